The fourth-order valence-electron chi connectivity index (χ4n) is 4.21. The number of aromatic hydroxyl groups is 1. The van der Waals surface area contributed by atoms with Gasteiger partial charge >= 0.3 is 0 Å². The Bertz CT molecular complexity index is 1310. The smallest absolute Gasteiger partial charge is 0.300 e. The third-order valence-corrected chi connectivity index (χ3v) is 5.98. The molecule has 0 spiro atoms. The molecule has 1 heterocycles. The fraction of sp³-hybridized carbons (Fsp3) is 0.241. The van der Waals surface area contributed by atoms with Crippen LogP contribution >= 0.6 is 0 Å². The summed E-state index contributed by atoms with van der Waals surface area (Å²) in [6.07, 6.45) is 0. The Morgan fingerprint density at radius 1 is 1.00 bits per heavy atom. The molecule has 6 heteroatoms. The summed E-state index contributed by atoms with van der Waals surface area (Å²) in [6, 6.07) is 18.0. The van der Waals surface area contributed by atoms with Crippen molar-refractivity contribution in [2.24, 2.45) is 5.92 Å². The molecule has 1 unspecified atom stereocenters. The van der Waals surface area contributed by atoms with Crippen LogP contribution in [0.4, 0.5) is 5.69 Å². The third-order valence-electron chi connectivity index (χ3n) is 5.98. The van der Waals surface area contributed by atoms with Gasteiger partial charge in [0, 0.05) is 11.3 Å². The average molecular weight is 472 g/mol. The quantitative estimate of drug-likeness (QED) is 0.275. The monoisotopic (exact) mass is 471 g/mol. The largest absolute Gasteiger partial charge is 0.508 e. The number of phenols is 1. The van der Waals surface area contributed by atoms with E-state index in [2.05, 4.69) is 13.8 Å². The molecule has 1 amide bonds. The first kappa shape index (κ1) is 24.1. The predicted molar refractivity (Wildman–Crippen MR) is 136 cm³/mol. The molecule has 4 rings (SSSR count). The van der Waals surface area contributed by atoms with Crippen molar-refractivity contribution in [1.29, 1.82) is 0 Å². The molecule has 1 aliphatic rings. The lowest BCUT2D eigenvalue weighted by molar-refractivity contribution is -0.132. The molecule has 1 fully saturated rings. The minimum atomic E-state index is -0.913. The number of hydrogen-bond acceptors (Lipinski definition) is 5. The van der Waals surface area contributed by atoms with Gasteiger partial charge in [-0.25, -0.2) is 0 Å². The molecule has 0 saturated carbocycles. The van der Waals surface area contributed by atoms with Gasteiger partial charge in [0.25, 0.3) is 11.7 Å². The zero-order valence-corrected chi connectivity index (χ0v) is 20.3. The summed E-state index contributed by atoms with van der Waals surface area (Å²) < 4.78 is 5.75. The minimum Gasteiger partial charge on any atom is -0.508 e. The molecule has 180 valence electrons. The van der Waals surface area contributed by atoms with Gasteiger partial charge in [-0.05, 0) is 73.4 Å². The highest BCUT2D eigenvalue weighted by Crippen LogP contribution is 2.43. The van der Waals surface area contributed by atoms with Crippen molar-refractivity contribution in [3.63, 3.8) is 0 Å². The van der Waals surface area contributed by atoms with Crippen molar-refractivity contribution >= 4 is 23.1 Å². The van der Waals surface area contributed by atoms with Gasteiger partial charge in [-0.2, -0.15) is 0 Å². The van der Waals surface area contributed by atoms with E-state index in [1.165, 1.54) is 17.0 Å². The second-order valence-corrected chi connectivity index (χ2v) is 9.28. The van der Waals surface area contributed by atoms with Gasteiger partial charge in [-0.15, -0.1) is 0 Å². The number of ketones is 1. The molecule has 1 aliphatic heterocycles. The van der Waals surface area contributed by atoms with Gasteiger partial charge in [-0.3, -0.25) is 14.5 Å². The van der Waals surface area contributed by atoms with Crippen molar-refractivity contribution in [3.8, 4) is 11.5 Å². The lowest BCUT2D eigenvalue weighted by Crippen LogP contribution is -2.29. The first-order chi connectivity index (χ1) is 16.7. The van der Waals surface area contributed by atoms with E-state index in [0.717, 1.165) is 11.1 Å². The Balaban J connectivity index is 1.86. The number of phenolic OH excluding ortho intramolecular Hbond substituents is 1. The maximum absolute atomic E-state index is 13.3. The zero-order valence-electron chi connectivity index (χ0n) is 20.3. The van der Waals surface area contributed by atoms with E-state index in [4.69, 9.17) is 4.74 Å². The van der Waals surface area contributed by atoms with Gasteiger partial charge in [0.2, 0.25) is 0 Å². The molecule has 2 N–H and O–H groups in total. The highest BCUT2D eigenvalue weighted by molar-refractivity contribution is 6.51. The van der Waals surface area contributed by atoms with E-state index in [1.54, 1.807) is 42.5 Å². The number of nitrogens with zero attached hydrogens (tertiary/aromatic N) is 1. The minimum absolute atomic E-state index is 0.00254. The molecule has 3 aromatic carbocycles. The van der Waals surface area contributed by atoms with Crippen LogP contribution in [-0.2, 0) is 9.59 Å². The second-order valence-electron chi connectivity index (χ2n) is 9.28. The van der Waals surface area contributed by atoms with E-state index >= 15 is 0 Å². The van der Waals surface area contributed by atoms with Crippen LogP contribution in [0.1, 0.15) is 42.1 Å². The summed E-state index contributed by atoms with van der Waals surface area (Å²) >= 11 is 0. The highest BCUT2D eigenvalue weighted by Gasteiger charge is 2.47. The first-order valence-corrected chi connectivity index (χ1v) is 11.6. The molecule has 0 aliphatic carbocycles. The normalized spacial score (nSPS) is 17.3. The molecule has 1 saturated heterocycles. The van der Waals surface area contributed by atoms with Crippen LogP contribution < -0.4 is 9.64 Å². The molecule has 0 radical (unpaired) electrons. The third kappa shape index (κ3) is 4.78. The van der Waals surface area contributed by atoms with Crippen molar-refractivity contribution in [2.45, 2.75) is 33.7 Å². The van der Waals surface area contributed by atoms with Crippen LogP contribution in [0, 0.1) is 19.8 Å². The summed E-state index contributed by atoms with van der Waals surface area (Å²) in [6.45, 7) is 8.40. The van der Waals surface area contributed by atoms with Gasteiger partial charge in [0.15, 0.2) is 0 Å². The molecule has 3 aromatic rings. The topological polar surface area (TPSA) is 87.1 Å². The van der Waals surface area contributed by atoms with E-state index < -0.39 is 17.7 Å². The second kappa shape index (κ2) is 9.66. The van der Waals surface area contributed by atoms with E-state index in [-0.39, 0.29) is 17.1 Å². The number of Topliss-reactive ketones (excluding diaryl/α,β-unsaturated/α-hetero) is 1. The number of hydrogen-bond donors (Lipinski definition) is 2. The number of benzene rings is 3. The molecule has 0 bridgehead atoms. The molecule has 0 aromatic heterocycles. The van der Waals surface area contributed by atoms with Crippen molar-refractivity contribution in [1.82, 2.24) is 0 Å². The van der Waals surface area contributed by atoms with Crippen LogP contribution in [0.3, 0.4) is 0 Å². The molecule has 35 heavy (non-hydrogen) atoms. The highest BCUT2D eigenvalue weighted by atomic mass is 16.5. The molecular weight excluding hydrogens is 442 g/mol. The summed E-state index contributed by atoms with van der Waals surface area (Å²) in [4.78, 5) is 28.0. The number of amides is 1. The van der Waals surface area contributed by atoms with Gasteiger partial charge < -0.3 is 14.9 Å². The van der Waals surface area contributed by atoms with Gasteiger partial charge in [0.1, 0.15) is 17.3 Å². The van der Waals surface area contributed by atoms with Crippen molar-refractivity contribution < 1.29 is 24.5 Å². The lowest BCUT2D eigenvalue weighted by Gasteiger charge is -2.26. The Labute approximate surface area is 205 Å². The van der Waals surface area contributed by atoms with E-state index in [9.17, 15) is 19.8 Å². The van der Waals surface area contributed by atoms with E-state index in [1.807, 2.05) is 26.0 Å². The Morgan fingerprint density at radius 3 is 2.37 bits per heavy atom. The maximum atomic E-state index is 13.3. The van der Waals surface area contributed by atoms with Crippen molar-refractivity contribution in [2.75, 3.05) is 11.5 Å². The Hall–Kier alpha value is -4.06. The maximum Gasteiger partial charge on any atom is 0.300 e. The van der Waals surface area contributed by atoms with Gasteiger partial charge in [-0.1, -0.05) is 43.7 Å². The van der Waals surface area contributed by atoms with E-state index in [0.29, 0.717) is 35.1 Å². The summed E-state index contributed by atoms with van der Waals surface area (Å²) in [5, 5.41) is 21.5. The Morgan fingerprint density at radius 2 is 1.71 bits per heavy atom. The fourth-order valence-corrected chi connectivity index (χ4v) is 4.21. The molecular formula is C29H29NO5. The lowest BCUT2D eigenvalue weighted by atomic mass is 9.93. The van der Waals surface area contributed by atoms with Gasteiger partial charge in [0.05, 0.1) is 18.2 Å². The van der Waals surface area contributed by atoms with Crippen LogP contribution in [0.25, 0.3) is 5.76 Å². The number of carbonyl (C=O) groups excluding carboxylic acids is 2. The molecule has 1 atom stereocenters. The predicted octanol–water partition coefficient (Wildman–Crippen LogP) is 5.67. The first-order valence-electron chi connectivity index (χ1n) is 11.6. The summed E-state index contributed by atoms with van der Waals surface area (Å²) in [5.41, 5.74) is 3.16. The van der Waals surface area contributed by atoms with Crippen molar-refractivity contribution in [3.05, 3.63) is 94.6 Å². The standard InChI is InChI=1S/C29H29NO5/c1-17(2)16-35-23-12-10-21(11-13-23)30-26(20-6-5-7-22(31)15-20)25(28(33)29(30)34)27(32)24-14-18(3)8-9-19(24)4/h5-15,17,26,31-32H,16H2,1-4H3/b27-25+. The van der Waals surface area contributed by atoms with Crippen LogP contribution in [-0.4, -0.2) is 28.5 Å². The number of ether oxygens (including phenoxy) is 1. The van der Waals surface area contributed by atoms with Crippen LogP contribution in [0.2, 0.25) is 0 Å². The molecule has 6 nitrogen and oxygen atoms in total. The summed E-state index contributed by atoms with van der Waals surface area (Å²) in [7, 11) is 0. The number of aliphatic hydroxyl groups excluding tert-OH is 1. The average Bonchev–Trinajstić information content (AvgIpc) is 3.09. The SMILES string of the molecule is Cc1ccc(C)c(/C(O)=C2\C(=O)C(=O)N(c3ccc(OCC(C)C)cc3)C2c2cccc(O)c2)c1. The van der Waals surface area contributed by atoms with Crippen LogP contribution in [0.5, 0.6) is 11.5 Å². The number of rotatable bonds is 6. The Kier molecular flexibility index (Phi) is 6.65. The van der Waals surface area contributed by atoms with Crippen LogP contribution in [0.15, 0.2) is 72.3 Å². The zero-order chi connectivity index (χ0) is 25.3. The number of aryl methyl sites for hydroxylation is 2. The number of anilines is 1. The summed E-state index contributed by atoms with van der Waals surface area (Å²) in [5.74, 6) is -0.751. The number of aliphatic hydroxyl groups is 1. The number of carbonyl (C=O) groups is 2.